The number of hydrogen-bond donors (Lipinski definition) is 0. The highest BCUT2D eigenvalue weighted by atomic mass is 15.1. The molecule has 0 aliphatic carbocycles. The van der Waals surface area contributed by atoms with Crippen molar-refractivity contribution in [3.63, 3.8) is 0 Å². The van der Waals surface area contributed by atoms with E-state index in [0.717, 1.165) is 22.6 Å². The molecule has 226 valence electrons. The summed E-state index contributed by atoms with van der Waals surface area (Å²) in [5, 5.41) is 5.22. The van der Waals surface area contributed by atoms with Crippen LogP contribution in [0.15, 0.2) is 182 Å². The summed E-state index contributed by atoms with van der Waals surface area (Å²) in [5.74, 6) is 0. The fraction of sp³-hybridized carbons (Fsp3) is 0. The normalized spacial score (nSPS) is 11.7. The van der Waals surface area contributed by atoms with Gasteiger partial charge >= 0.3 is 0 Å². The molecule has 1 heterocycles. The molecular formula is C46H32N2. The van der Waals surface area contributed by atoms with Crippen molar-refractivity contribution >= 4 is 61.8 Å². The Hall–Kier alpha value is -6.38. The minimum absolute atomic E-state index is 1.13. The van der Waals surface area contributed by atoms with Gasteiger partial charge in [0.05, 0.1) is 11.0 Å². The minimum Gasteiger partial charge on any atom is -0.311 e. The molecule has 1 aromatic heterocycles. The van der Waals surface area contributed by atoms with Crippen molar-refractivity contribution in [2.24, 2.45) is 0 Å². The second kappa shape index (κ2) is 11.8. The van der Waals surface area contributed by atoms with Crippen LogP contribution in [-0.2, 0) is 0 Å². The molecule has 0 saturated heterocycles. The zero-order valence-corrected chi connectivity index (χ0v) is 26.4. The highest BCUT2D eigenvalue weighted by molar-refractivity contribution is 6.25. The van der Waals surface area contributed by atoms with E-state index in [1.807, 2.05) is 0 Å². The van der Waals surface area contributed by atoms with Gasteiger partial charge in [0.25, 0.3) is 0 Å². The van der Waals surface area contributed by atoms with Crippen LogP contribution in [0.3, 0.4) is 0 Å². The van der Waals surface area contributed by atoms with Crippen molar-refractivity contribution < 1.29 is 0 Å². The summed E-state index contributed by atoms with van der Waals surface area (Å²) >= 11 is 0. The van der Waals surface area contributed by atoms with Crippen LogP contribution in [0.2, 0.25) is 0 Å². The van der Waals surface area contributed by atoms with Gasteiger partial charge in [0.2, 0.25) is 0 Å². The Kier molecular flexibility index (Phi) is 6.84. The van der Waals surface area contributed by atoms with Crippen LogP contribution in [0.5, 0.6) is 0 Å². The van der Waals surface area contributed by atoms with Gasteiger partial charge in [-0.3, -0.25) is 0 Å². The lowest BCUT2D eigenvalue weighted by molar-refractivity contribution is 1.18. The Morgan fingerprint density at radius 2 is 0.917 bits per heavy atom. The van der Waals surface area contributed by atoms with Crippen molar-refractivity contribution in [2.45, 2.75) is 0 Å². The number of aromatic nitrogens is 1. The highest BCUT2D eigenvalue weighted by Gasteiger charge is 2.18. The summed E-state index contributed by atoms with van der Waals surface area (Å²) in [7, 11) is 0. The first-order valence-electron chi connectivity index (χ1n) is 16.4. The molecule has 0 amide bonds. The van der Waals surface area contributed by atoms with Crippen LogP contribution in [0.4, 0.5) is 17.1 Å². The van der Waals surface area contributed by atoms with Crippen molar-refractivity contribution in [3.8, 4) is 16.8 Å². The Bertz CT molecular complexity index is 2470. The van der Waals surface area contributed by atoms with E-state index < -0.39 is 0 Å². The van der Waals surface area contributed by atoms with Crippen LogP contribution in [0.1, 0.15) is 11.1 Å². The molecule has 0 radical (unpaired) electrons. The van der Waals surface area contributed by atoms with Crippen LogP contribution < -0.4 is 4.90 Å². The summed E-state index contributed by atoms with van der Waals surface area (Å²) in [6.07, 6.45) is 4.38. The van der Waals surface area contributed by atoms with Gasteiger partial charge in [-0.05, 0) is 99.8 Å². The quantitative estimate of drug-likeness (QED) is 0.128. The van der Waals surface area contributed by atoms with Gasteiger partial charge in [0.15, 0.2) is 0 Å². The van der Waals surface area contributed by atoms with E-state index in [0.29, 0.717) is 0 Å². The maximum absolute atomic E-state index is 2.41. The third-order valence-electron chi connectivity index (χ3n) is 9.30. The number of nitrogens with zero attached hydrogens (tertiary/aromatic N) is 2. The summed E-state index contributed by atoms with van der Waals surface area (Å²) in [6.45, 7) is 0. The summed E-state index contributed by atoms with van der Waals surface area (Å²) in [6, 6.07) is 65.2. The molecule has 0 aliphatic heterocycles. The lowest BCUT2D eigenvalue weighted by Crippen LogP contribution is -2.09. The van der Waals surface area contributed by atoms with Crippen LogP contribution in [0, 0.1) is 0 Å². The largest absolute Gasteiger partial charge is 0.311 e. The summed E-state index contributed by atoms with van der Waals surface area (Å²) in [5.41, 5.74) is 11.8. The molecular weight excluding hydrogens is 581 g/mol. The number of hydrogen-bond acceptors (Lipinski definition) is 1. The van der Waals surface area contributed by atoms with E-state index in [1.54, 1.807) is 0 Å². The zero-order chi connectivity index (χ0) is 31.9. The molecule has 9 rings (SSSR count). The third-order valence-corrected chi connectivity index (χ3v) is 9.30. The van der Waals surface area contributed by atoms with Gasteiger partial charge in [-0.15, -0.1) is 0 Å². The predicted octanol–water partition coefficient (Wildman–Crippen LogP) is 12.7. The van der Waals surface area contributed by atoms with Crippen molar-refractivity contribution in [2.75, 3.05) is 4.90 Å². The fourth-order valence-corrected chi connectivity index (χ4v) is 7.03. The third kappa shape index (κ3) is 4.92. The number of benzene rings is 8. The number of anilines is 3. The Morgan fingerprint density at radius 3 is 1.56 bits per heavy atom. The van der Waals surface area contributed by atoms with E-state index in [9.17, 15) is 0 Å². The lowest BCUT2D eigenvalue weighted by Gasteiger charge is -2.25. The van der Waals surface area contributed by atoms with Crippen molar-refractivity contribution in [3.05, 3.63) is 193 Å². The van der Waals surface area contributed by atoms with Gasteiger partial charge in [0, 0.05) is 33.5 Å². The smallest absolute Gasteiger partial charge is 0.0553 e. The molecule has 0 bridgehead atoms. The number of rotatable bonds is 7. The molecule has 2 nitrogen and oxygen atoms in total. The first kappa shape index (κ1) is 27.9. The molecule has 0 aliphatic rings. The summed E-state index contributed by atoms with van der Waals surface area (Å²) in [4.78, 5) is 2.28. The zero-order valence-electron chi connectivity index (χ0n) is 26.4. The Labute approximate surface area is 280 Å². The van der Waals surface area contributed by atoms with Crippen molar-refractivity contribution in [1.82, 2.24) is 4.57 Å². The Balaban J connectivity index is 1.02. The Morgan fingerprint density at radius 1 is 0.375 bits per heavy atom. The van der Waals surface area contributed by atoms with Crippen LogP contribution in [0.25, 0.3) is 61.5 Å². The maximum atomic E-state index is 2.41. The lowest BCUT2D eigenvalue weighted by atomic mass is 9.97. The molecule has 0 atom stereocenters. The fourth-order valence-electron chi connectivity index (χ4n) is 7.03. The predicted molar refractivity (Wildman–Crippen MR) is 205 cm³/mol. The molecule has 8 aromatic carbocycles. The first-order valence-corrected chi connectivity index (χ1v) is 16.4. The van der Waals surface area contributed by atoms with E-state index in [4.69, 9.17) is 0 Å². The molecule has 48 heavy (non-hydrogen) atoms. The molecule has 0 N–H and O–H groups in total. The topological polar surface area (TPSA) is 8.17 Å². The molecule has 9 aromatic rings. The maximum Gasteiger partial charge on any atom is 0.0553 e. The molecule has 0 spiro atoms. The second-order valence-corrected chi connectivity index (χ2v) is 12.3. The SMILES string of the molecule is C(=Cc1ccc(N(c2ccccc2)c2ccccc2)cc1)c1ccc(-c2cc3ccc4cccc5c4c3c(c2)n5-c2ccccc2)cc1. The van der Waals surface area contributed by atoms with E-state index >= 15 is 0 Å². The van der Waals surface area contributed by atoms with Gasteiger partial charge in [0.1, 0.15) is 0 Å². The van der Waals surface area contributed by atoms with E-state index in [-0.39, 0.29) is 0 Å². The van der Waals surface area contributed by atoms with E-state index in [2.05, 4.69) is 204 Å². The van der Waals surface area contributed by atoms with Crippen LogP contribution in [-0.4, -0.2) is 4.57 Å². The van der Waals surface area contributed by atoms with Gasteiger partial charge < -0.3 is 9.47 Å². The first-order chi connectivity index (χ1) is 23.8. The average Bonchev–Trinajstić information content (AvgIpc) is 3.50. The standard InChI is InChI=1S/C46H32N2/c1-4-12-39(13-5-1)47(40-14-6-2-7-15-40)42-29-23-34(24-30-42)20-19-33-21-25-35(26-22-33)38-31-37-28-27-36-11-10-18-43-45(36)46(37)44(32-38)48(43)41-16-8-3-9-17-41/h1-32H. The molecule has 0 fully saturated rings. The second-order valence-electron chi connectivity index (χ2n) is 12.3. The summed E-state index contributed by atoms with van der Waals surface area (Å²) < 4.78 is 2.41. The molecule has 0 unspecified atom stereocenters. The molecule has 2 heteroatoms. The van der Waals surface area contributed by atoms with Crippen LogP contribution >= 0.6 is 0 Å². The van der Waals surface area contributed by atoms with Gasteiger partial charge in [-0.1, -0.05) is 127 Å². The molecule has 0 saturated carbocycles. The van der Waals surface area contributed by atoms with Crippen molar-refractivity contribution in [1.29, 1.82) is 0 Å². The highest BCUT2D eigenvalue weighted by Crippen LogP contribution is 2.41. The van der Waals surface area contributed by atoms with Gasteiger partial charge in [-0.25, -0.2) is 0 Å². The monoisotopic (exact) mass is 612 g/mol. The average molecular weight is 613 g/mol. The number of para-hydroxylation sites is 3. The van der Waals surface area contributed by atoms with E-state index in [1.165, 1.54) is 55.0 Å². The van der Waals surface area contributed by atoms with Gasteiger partial charge in [-0.2, -0.15) is 0 Å². The minimum atomic E-state index is 1.13.